The number of nitrogens with zero attached hydrogens (tertiary/aromatic N) is 1. The second kappa shape index (κ2) is 6.62. The molecule has 124 valence electrons. The third-order valence-electron chi connectivity index (χ3n) is 4.31. The van der Waals surface area contributed by atoms with Crippen molar-refractivity contribution < 1.29 is 14.7 Å². The number of rotatable bonds is 6. The van der Waals surface area contributed by atoms with Gasteiger partial charge < -0.3 is 10.1 Å². The van der Waals surface area contributed by atoms with Crippen molar-refractivity contribution >= 4 is 11.6 Å². The largest absolute Gasteiger partial charge is 0.390 e. The highest BCUT2D eigenvalue weighted by atomic mass is 16.3. The minimum Gasteiger partial charge on any atom is -0.390 e. The van der Waals surface area contributed by atoms with Crippen molar-refractivity contribution in [3.05, 3.63) is 40.5 Å². The van der Waals surface area contributed by atoms with E-state index in [-0.39, 0.29) is 11.6 Å². The highest BCUT2D eigenvalue weighted by molar-refractivity contribution is 6.24. The van der Waals surface area contributed by atoms with E-state index in [1.54, 1.807) is 40.1 Å². The average Bonchev–Trinajstić information content (AvgIpc) is 2.98. The van der Waals surface area contributed by atoms with Crippen LogP contribution in [0.2, 0.25) is 0 Å². The predicted octanol–water partition coefficient (Wildman–Crippen LogP) is 2.68. The van der Waals surface area contributed by atoms with Gasteiger partial charge in [0.05, 0.1) is 5.60 Å². The number of carbonyl (C=O) groups is 2. The number of aliphatic hydroxyl groups is 1. The van der Waals surface area contributed by atoms with Crippen LogP contribution in [0.3, 0.4) is 0 Å². The summed E-state index contributed by atoms with van der Waals surface area (Å²) < 4.78 is 0. The smallest absolute Gasteiger partial charge is 0.185 e. The Morgan fingerprint density at radius 1 is 1.04 bits per heavy atom. The van der Waals surface area contributed by atoms with E-state index in [9.17, 15) is 14.7 Å². The fourth-order valence-electron chi connectivity index (χ4n) is 2.71. The van der Waals surface area contributed by atoms with Crippen molar-refractivity contribution in [1.82, 2.24) is 9.97 Å². The van der Waals surface area contributed by atoms with Gasteiger partial charge in [0, 0.05) is 41.1 Å². The third-order valence-corrected chi connectivity index (χ3v) is 4.31. The molecule has 0 amide bonds. The van der Waals surface area contributed by atoms with Gasteiger partial charge in [-0.15, -0.1) is 0 Å². The van der Waals surface area contributed by atoms with E-state index in [2.05, 4.69) is 9.97 Å². The number of aromatic nitrogens is 2. The zero-order valence-corrected chi connectivity index (χ0v) is 14.2. The first-order chi connectivity index (χ1) is 10.7. The van der Waals surface area contributed by atoms with E-state index < -0.39 is 5.60 Å². The lowest BCUT2D eigenvalue weighted by atomic mass is 9.80. The summed E-state index contributed by atoms with van der Waals surface area (Å²) in [6.07, 6.45) is 5.32. The van der Waals surface area contributed by atoms with Gasteiger partial charge in [0.15, 0.2) is 11.6 Å². The van der Waals surface area contributed by atoms with Crippen LogP contribution in [0.15, 0.2) is 34.7 Å². The van der Waals surface area contributed by atoms with E-state index in [0.717, 1.165) is 5.82 Å². The quantitative estimate of drug-likeness (QED) is 0.790. The molecule has 23 heavy (non-hydrogen) atoms. The van der Waals surface area contributed by atoms with Crippen molar-refractivity contribution in [2.24, 2.45) is 0 Å². The minimum absolute atomic E-state index is 0.0561. The summed E-state index contributed by atoms with van der Waals surface area (Å²) in [5, 5.41) is 9.94. The molecular weight excluding hydrogens is 292 g/mol. The maximum Gasteiger partial charge on any atom is 0.185 e. The second-order valence-electron chi connectivity index (χ2n) is 6.71. The molecule has 0 bridgehead atoms. The number of H-pyrrole nitrogens is 1. The molecule has 5 heteroatoms. The Labute approximate surface area is 136 Å². The molecule has 1 heterocycles. The molecule has 0 atom stereocenters. The van der Waals surface area contributed by atoms with E-state index in [0.29, 0.717) is 48.0 Å². The van der Waals surface area contributed by atoms with Crippen LogP contribution < -0.4 is 0 Å². The number of carbonyl (C=O) groups excluding carboxylic acids is 2. The van der Waals surface area contributed by atoms with Gasteiger partial charge in [-0.05, 0) is 47.0 Å². The lowest BCUT2D eigenvalue weighted by Gasteiger charge is -2.23. The first-order valence-corrected chi connectivity index (χ1v) is 7.90. The highest BCUT2D eigenvalue weighted by Crippen LogP contribution is 2.31. The van der Waals surface area contributed by atoms with Crippen LogP contribution in [-0.2, 0) is 16.0 Å². The molecule has 1 aliphatic rings. The first-order valence-electron chi connectivity index (χ1n) is 7.90. The number of nitrogens with one attached hydrogen (secondary N) is 1. The fraction of sp³-hybridized carbons (Fsp3) is 0.500. The Morgan fingerprint density at radius 2 is 1.61 bits per heavy atom. The molecule has 0 saturated carbocycles. The molecular formula is C18H24N2O3. The van der Waals surface area contributed by atoms with E-state index in [1.807, 2.05) is 0 Å². The standard InChI is InChI=1S/C18H24N2O3/c1-11-12(2)17(22)14(7-8-18(3,4)23)13(16(11)21)5-6-15-19-9-10-20-15/h9-10,23H,5-8H2,1-4H3,(H,19,20). The summed E-state index contributed by atoms with van der Waals surface area (Å²) in [6.45, 7) is 6.82. The summed E-state index contributed by atoms with van der Waals surface area (Å²) >= 11 is 0. The molecule has 1 aromatic heterocycles. The fourth-order valence-corrected chi connectivity index (χ4v) is 2.71. The van der Waals surface area contributed by atoms with Crippen molar-refractivity contribution in [2.45, 2.75) is 59.0 Å². The second-order valence-corrected chi connectivity index (χ2v) is 6.71. The summed E-state index contributed by atoms with van der Waals surface area (Å²) in [4.78, 5) is 32.4. The zero-order chi connectivity index (χ0) is 17.2. The number of aryl methyl sites for hydroxylation is 1. The average molecular weight is 316 g/mol. The topological polar surface area (TPSA) is 83.0 Å². The monoisotopic (exact) mass is 316 g/mol. The van der Waals surface area contributed by atoms with E-state index in [1.165, 1.54) is 0 Å². The van der Waals surface area contributed by atoms with Gasteiger partial charge in [-0.25, -0.2) is 4.98 Å². The van der Waals surface area contributed by atoms with Gasteiger partial charge in [-0.1, -0.05) is 0 Å². The number of hydrogen-bond acceptors (Lipinski definition) is 4. The molecule has 0 radical (unpaired) electrons. The molecule has 0 aromatic carbocycles. The number of ketones is 2. The molecule has 0 fully saturated rings. The number of imidazole rings is 1. The lowest BCUT2D eigenvalue weighted by molar-refractivity contribution is -0.116. The van der Waals surface area contributed by atoms with Crippen LogP contribution in [0.4, 0.5) is 0 Å². The Kier molecular flexibility index (Phi) is 5.00. The predicted molar refractivity (Wildman–Crippen MR) is 87.9 cm³/mol. The maximum absolute atomic E-state index is 12.6. The maximum atomic E-state index is 12.6. The summed E-state index contributed by atoms with van der Waals surface area (Å²) in [6, 6.07) is 0. The van der Waals surface area contributed by atoms with Crippen molar-refractivity contribution in [3.63, 3.8) is 0 Å². The Morgan fingerprint density at radius 3 is 2.09 bits per heavy atom. The van der Waals surface area contributed by atoms with Crippen LogP contribution in [0.1, 0.15) is 52.8 Å². The van der Waals surface area contributed by atoms with Crippen LogP contribution in [0.5, 0.6) is 0 Å². The SMILES string of the molecule is CC1=C(C)C(=O)C(CCC(C)(C)O)=C(CCc2ncc[nH]2)C1=O. The summed E-state index contributed by atoms with van der Waals surface area (Å²) in [5.41, 5.74) is 1.29. The highest BCUT2D eigenvalue weighted by Gasteiger charge is 2.30. The minimum atomic E-state index is -0.868. The van der Waals surface area contributed by atoms with Gasteiger partial charge >= 0.3 is 0 Å². The van der Waals surface area contributed by atoms with Crippen LogP contribution in [0, 0.1) is 0 Å². The molecule has 1 aromatic rings. The van der Waals surface area contributed by atoms with Gasteiger partial charge in [-0.2, -0.15) is 0 Å². The first kappa shape index (κ1) is 17.3. The van der Waals surface area contributed by atoms with Crippen molar-refractivity contribution in [2.75, 3.05) is 0 Å². The summed E-state index contributed by atoms with van der Waals surface area (Å²) in [7, 11) is 0. The molecule has 0 spiro atoms. The molecule has 0 aliphatic heterocycles. The van der Waals surface area contributed by atoms with Gasteiger partial charge in [0.2, 0.25) is 0 Å². The Bertz CT molecular complexity index is 674. The third kappa shape index (κ3) is 4.05. The van der Waals surface area contributed by atoms with Gasteiger partial charge in [-0.3, -0.25) is 9.59 Å². The number of aromatic amines is 1. The van der Waals surface area contributed by atoms with E-state index >= 15 is 0 Å². The zero-order valence-electron chi connectivity index (χ0n) is 14.2. The van der Waals surface area contributed by atoms with Crippen LogP contribution >= 0.6 is 0 Å². The van der Waals surface area contributed by atoms with Gasteiger partial charge in [0.1, 0.15) is 5.82 Å². The van der Waals surface area contributed by atoms with Crippen LogP contribution in [0.25, 0.3) is 0 Å². The Hall–Kier alpha value is -2.01. The van der Waals surface area contributed by atoms with E-state index in [4.69, 9.17) is 0 Å². The molecule has 2 N–H and O–H groups in total. The molecule has 2 rings (SSSR count). The number of hydrogen-bond donors (Lipinski definition) is 2. The number of Topliss-reactive ketones (excluding diaryl/α,β-unsaturated/α-hetero) is 2. The molecule has 0 saturated heterocycles. The van der Waals surface area contributed by atoms with Crippen molar-refractivity contribution in [1.29, 1.82) is 0 Å². The summed E-state index contributed by atoms with van der Waals surface area (Å²) in [5.74, 6) is 0.670. The Balaban J connectivity index is 2.28. The molecule has 0 unspecified atom stereocenters. The van der Waals surface area contributed by atoms with Crippen LogP contribution in [-0.4, -0.2) is 32.2 Å². The number of allylic oxidation sites excluding steroid dienone is 4. The molecule has 5 nitrogen and oxygen atoms in total. The van der Waals surface area contributed by atoms with Crippen molar-refractivity contribution in [3.8, 4) is 0 Å². The normalized spacial score (nSPS) is 16.6. The molecule has 1 aliphatic carbocycles. The van der Waals surface area contributed by atoms with Gasteiger partial charge in [0.25, 0.3) is 0 Å². The lowest BCUT2D eigenvalue weighted by Crippen LogP contribution is -2.25.